The van der Waals surface area contributed by atoms with E-state index in [1.165, 1.54) is 17.1 Å². The Kier molecular flexibility index (Phi) is 7.02. The maximum Gasteiger partial charge on any atom is 0.0928 e. The zero-order valence-corrected chi connectivity index (χ0v) is 9.69. The Balaban J connectivity index is 0.000000364. The number of carboxylic acid groups (broad SMARTS) is 1. The Morgan fingerprint density at radius 3 is 2.50 bits per heavy atom. The van der Waals surface area contributed by atoms with Crippen LogP contribution in [0.5, 0.6) is 0 Å². The topological polar surface area (TPSA) is 53.0 Å². The third-order valence-electron chi connectivity index (χ3n) is 1.43. The Morgan fingerprint density at radius 1 is 1.57 bits per heavy atom. The van der Waals surface area contributed by atoms with Crippen molar-refractivity contribution in [1.29, 1.82) is 0 Å². The monoisotopic (exact) mass is 214 g/mol. The highest BCUT2D eigenvalue weighted by atomic mass is 32.1. The Labute approximate surface area is 88.8 Å². The molecule has 0 bridgehead atoms. The largest absolute Gasteiger partial charge is 0.550 e. The van der Waals surface area contributed by atoms with Crippen molar-refractivity contribution in [3.8, 4) is 0 Å². The van der Waals surface area contributed by atoms with Gasteiger partial charge >= 0.3 is 0 Å². The van der Waals surface area contributed by atoms with Crippen LogP contribution in [0.1, 0.15) is 37.9 Å². The predicted octanol–water partition coefficient (Wildman–Crippen LogP) is 1.41. The Hall–Kier alpha value is -0.900. The third kappa shape index (κ3) is 6.60. The van der Waals surface area contributed by atoms with Crippen molar-refractivity contribution in [2.24, 2.45) is 0 Å². The number of hydrogen-bond acceptors (Lipinski definition) is 4. The number of rotatable bonds is 3. The van der Waals surface area contributed by atoms with E-state index < -0.39 is 5.97 Å². The second-order valence-electron chi connectivity index (χ2n) is 2.83. The first-order valence-corrected chi connectivity index (χ1v) is 5.58. The summed E-state index contributed by atoms with van der Waals surface area (Å²) in [7, 11) is 0. The smallest absolute Gasteiger partial charge is 0.0928 e. The van der Waals surface area contributed by atoms with Gasteiger partial charge in [-0.15, -0.1) is 11.3 Å². The molecule has 1 aromatic rings. The second-order valence-corrected chi connectivity index (χ2v) is 3.77. The molecule has 0 aliphatic carbocycles. The van der Waals surface area contributed by atoms with Gasteiger partial charge in [-0.1, -0.05) is 13.8 Å². The van der Waals surface area contributed by atoms with Gasteiger partial charge < -0.3 is 9.90 Å². The summed E-state index contributed by atoms with van der Waals surface area (Å²) in [5, 5.41) is 12.3. The molecular formula is C10H16NO2S-. The second kappa shape index (κ2) is 7.50. The van der Waals surface area contributed by atoms with Crippen LogP contribution in [0.15, 0.2) is 5.38 Å². The van der Waals surface area contributed by atoms with E-state index in [1.807, 2.05) is 0 Å². The number of hydrogen-bond donors (Lipinski definition) is 0. The zero-order chi connectivity index (χ0) is 11.0. The van der Waals surface area contributed by atoms with Gasteiger partial charge in [-0.3, -0.25) is 0 Å². The van der Waals surface area contributed by atoms with Gasteiger partial charge in [0.15, 0.2) is 0 Å². The molecule has 0 unspecified atom stereocenters. The molecule has 0 fully saturated rings. The number of carbonyl (C=O) groups is 1. The molecule has 0 amide bonds. The molecule has 0 atom stereocenters. The first-order chi connectivity index (χ1) is 6.60. The van der Waals surface area contributed by atoms with E-state index in [4.69, 9.17) is 9.90 Å². The lowest BCUT2D eigenvalue weighted by Gasteiger charge is -1.87. The van der Waals surface area contributed by atoms with Gasteiger partial charge in [0.25, 0.3) is 0 Å². The van der Waals surface area contributed by atoms with Crippen molar-refractivity contribution in [3.63, 3.8) is 0 Å². The van der Waals surface area contributed by atoms with Crippen LogP contribution in [-0.4, -0.2) is 11.0 Å². The molecule has 80 valence electrons. The van der Waals surface area contributed by atoms with Crippen LogP contribution in [0, 0.1) is 0 Å². The molecule has 0 aliphatic rings. The molecule has 0 aromatic carbocycles. The van der Waals surface area contributed by atoms with Crippen LogP contribution in [-0.2, 0) is 17.6 Å². The lowest BCUT2D eigenvalue weighted by Crippen LogP contribution is -2.16. The molecule has 1 rings (SSSR count). The number of carbonyl (C=O) groups excluding carboxylic acids is 1. The van der Waals surface area contributed by atoms with Gasteiger partial charge in [0.1, 0.15) is 0 Å². The molecule has 0 aliphatic heterocycles. The Bertz CT molecular complexity index is 267. The molecule has 0 N–H and O–H groups in total. The van der Waals surface area contributed by atoms with Crippen LogP contribution in [0.3, 0.4) is 0 Å². The van der Waals surface area contributed by atoms with E-state index in [0.717, 1.165) is 19.8 Å². The summed E-state index contributed by atoms with van der Waals surface area (Å²) in [6.07, 6.45) is 3.42. The van der Waals surface area contributed by atoms with Gasteiger partial charge in [0.2, 0.25) is 0 Å². The first-order valence-electron chi connectivity index (χ1n) is 4.71. The van der Waals surface area contributed by atoms with Crippen LogP contribution < -0.4 is 5.11 Å². The molecule has 1 heterocycles. The summed E-state index contributed by atoms with van der Waals surface area (Å²) >= 11 is 1.79. The molecule has 0 radical (unpaired) electrons. The number of aryl methyl sites for hydroxylation is 2. The van der Waals surface area contributed by atoms with Gasteiger partial charge in [0, 0.05) is 11.3 Å². The lowest BCUT2D eigenvalue weighted by molar-refractivity contribution is -0.302. The highest BCUT2D eigenvalue weighted by molar-refractivity contribution is 7.09. The van der Waals surface area contributed by atoms with Crippen molar-refractivity contribution in [1.82, 2.24) is 4.98 Å². The van der Waals surface area contributed by atoms with Crippen LogP contribution in [0.2, 0.25) is 0 Å². The molecule has 0 saturated heterocycles. The zero-order valence-electron chi connectivity index (χ0n) is 8.87. The number of aromatic nitrogens is 1. The maximum atomic E-state index is 8.89. The number of carboxylic acids is 1. The SMILES string of the molecule is CC(=O)[O-].CCCc1nc(CC)cs1. The van der Waals surface area contributed by atoms with E-state index in [0.29, 0.717) is 0 Å². The average Bonchev–Trinajstić information content (AvgIpc) is 2.52. The molecule has 1 aromatic heterocycles. The average molecular weight is 214 g/mol. The number of thiazole rings is 1. The lowest BCUT2D eigenvalue weighted by atomic mass is 10.3. The summed E-state index contributed by atoms with van der Waals surface area (Å²) in [6.45, 7) is 5.30. The van der Waals surface area contributed by atoms with Gasteiger partial charge in [-0.25, -0.2) is 4.98 Å². The summed E-state index contributed by atoms with van der Waals surface area (Å²) in [6, 6.07) is 0. The molecule has 0 saturated carbocycles. The fraction of sp³-hybridized carbons (Fsp3) is 0.600. The van der Waals surface area contributed by atoms with E-state index in [1.54, 1.807) is 11.3 Å². The first kappa shape index (κ1) is 13.1. The molecule has 14 heavy (non-hydrogen) atoms. The maximum absolute atomic E-state index is 8.89. The summed E-state index contributed by atoms with van der Waals surface area (Å²) < 4.78 is 0. The minimum absolute atomic E-state index is 0.972. The highest BCUT2D eigenvalue weighted by Crippen LogP contribution is 2.11. The van der Waals surface area contributed by atoms with Crippen LogP contribution in [0.4, 0.5) is 0 Å². The highest BCUT2D eigenvalue weighted by Gasteiger charge is 1.97. The quantitative estimate of drug-likeness (QED) is 0.764. The number of nitrogens with zero attached hydrogens (tertiary/aromatic N) is 1. The van der Waals surface area contributed by atoms with Crippen LogP contribution >= 0.6 is 11.3 Å². The van der Waals surface area contributed by atoms with Gasteiger partial charge in [0.05, 0.1) is 10.7 Å². The van der Waals surface area contributed by atoms with E-state index in [2.05, 4.69) is 24.2 Å². The minimum Gasteiger partial charge on any atom is -0.550 e. The molecule has 0 spiro atoms. The van der Waals surface area contributed by atoms with Crippen molar-refractivity contribution >= 4 is 17.3 Å². The Morgan fingerprint density at radius 2 is 2.14 bits per heavy atom. The van der Waals surface area contributed by atoms with Crippen molar-refractivity contribution in [3.05, 3.63) is 16.1 Å². The summed E-state index contributed by atoms with van der Waals surface area (Å²) in [5.41, 5.74) is 1.24. The predicted molar refractivity (Wildman–Crippen MR) is 56.2 cm³/mol. The minimum atomic E-state index is -1.08. The van der Waals surface area contributed by atoms with Crippen LogP contribution in [0.25, 0.3) is 0 Å². The van der Waals surface area contributed by atoms with Crippen molar-refractivity contribution in [2.75, 3.05) is 0 Å². The van der Waals surface area contributed by atoms with E-state index >= 15 is 0 Å². The fourth-order valence-electron chi connectivity index (χ4n) is 0.840. The summed E-state index contributed by atoms with van der Waals surface area (Å²) in [5.74, 6) is -1.08. The standard InChI is InChI=1S/C8H13NS.C2H4O2/c1-3-5-8-9-7(4-2)6-10-8;1-2(3)4/h6H,3-5H2,1-2H3;1H3,(H,3,4)/p-1. The fourth-order valence-corrected chi connectivity index (χ4v) is 1.82. The van der Waals surface area contributed by atoms with Gasteiger partial charge in [-0.2, -0.15) is 0 Å². The molecular weight excluding hydrogens is 198 g/mol. The van der Waals surface area contributed by atoms with Crippen molar-refractivity contribution in [2.45, 2.75) is 40.0 Å². The molecule has 3 nitrogen and oxygen atoms in total. The van der Waals surface area contributed by atoms with Crippen molar-refractivity contribution < 1.29 is 9.90 Å². The number of aliphatic carboxylic acids is 1. The molecule has 4 heteroatoms. The van der Waals surface area contributed by atoms with E-state index in [9.17, 15) is 0 Å². The third-order valence-corrected chi connectivity index (χ3v) is 2.38. The normalized spacial score (nSPS) is 9.07. The van der Waals surface area contributed by atoms with Gasteiger partial charge in [-0.05, 0) is 26.2 Å². The summed E-state index contributed by atoms with van der Waals surface area (Å²) in [4.78, 5) is 13.3. The van der Waals surface area contributed by atoms with E-state index in [-0.39, 0.29) is 0 Å².